The Balaban J connectivity index is 2.86. The highest BCUT2D eigenvalue weighted by molar-refractivity contribution is 5.87. The molecule has 0 aliphatic heterocycles. The summed E-state index contributed by atoms with van der Waals surface area (Å²) < 4.78 is 0. The molecule has 1 atom stereocenters. The second-order valence-corrected chi connectivity index (χ2v) is 4.15. The van der Waals surface area contributed by atoms with Gasteiger partial charge in [0.15, 0.2) is 0 Å². The third-order valence-electron chi connectivity index (χ3n) is 2.91. The number of benzene rings is 1. The Labute approximate surface area is 108 Å². The number of rotatable bonds is 5. The lowest BCUT2D eigenvalue weighted by molar-refractivity contribution is -0.140. The van der Waals surface area contributed by atoms with Crippen LogP contribution in [0.3, 0.4) is 0 Å². The van der Waals surface area contributed by atoms with Crippen molar-refractivity contribution in [2.24, 2.45) is 0 Å². The number of nitrogens with zero attached hydrogens (tertiary/aromatic N) is 1. The highest BCUT2D eigenvalue weighted by Crippen LogP contribution is 2.10. The van der Waals surface area contributed by atoms with Gasteiger partial charge in [-0.1, -0.05) is 37.3 Å². The van der Waals surface area contributed by atoms with Crippen molar-refractivity contribution >= 4 is 11.8 Å². The lowest BCUT2D eigenvalue weighted by Gasteiger charge is -2.28. The maximum Gasteiger partial charge on any atom is 0.242 e. The van der Waals surface area contributed by atoms with Gasteiger partial charge in [-0.15, -0.1) is 0 Å². The van der Waals surface area contributed by atoms with Gasteiger partial charge in [0.25, 0.3) is 0 Å². The molecule has 1 aromatic rings. The number of hydrogen-bond acceptors (Lipinski definition) is 2. The van der Waals surface area contributed by atoms with Gasteiger partial charge >= 0.3 is 0 Å². The summed E-state index contributed by atoms with van der Waals surface area (Å²) in [6, 6.07) is 9.22. The number of hydrogen-bond donors (Lipinski definition) is 1. The third-order valence-corrected chi connectivity index (χ3v) is 2.91. The second kappa shape index (κ2) is 6.79. The van der Waals surface area contributed by atoms with Crippen LogP contribution in [0.2, 0.25) is 0 Å². The Kier molecular flexibility index (Phi) is 5.36. The summed E-state index contributed by atoms with van der Waals surface area (Å²) in [5.74, 6) is -0.164. The second-order valence-electron chi connectivity index (χ2n) is 4.15. The lowest BCUT2D eigenvalue weighted by atomic mass is 10.1. The Hall–Kier alpha value is -1.84. The first-order chi connectivity index (χ1) is 8.60. The molecular formula is C14H20N2O2. The smallest absolute Gasteiger partial charge is 0.242 e. The zero-order valence-corrected chi connectivity index (χ0v) is 11.1. The molecule has 0 heterocycles. The number of carbonyl (C=O) groups excluding carboxylic acids is 2. The van der Waals surface area contributed by atoms with Crippen molar-refractivity contribution in [3.05, 3.63) is 35.9 Å². The van der Waals surface area contributed by atoms with E-state index in [1.165, 1.54) is 0 Å². The number of carbonyl (C=O) groups is 2. The van der Waals surface area contributed by atoms with Gasteiger partial charge in [0.1, 0.15) is 6.04 Å². The van der Waals surface area contributed by atoms with E-state index in [0.29, 0.717) is 13.0 Å². The molecule has 4 heteroatoms. The predicted molar refractivity (Wildman–Crippen MR) is 70.8 cm³/mol. The van der Waals surface area contributed by atoms with E-state index in [9.17, 15) is 9.59 Å². The molecule has 1 N–H and O–H groups in total. The van der Waals surface area contributed by atoms with E-state index in [1.54, 1.807) is 25.8 Å². The largest absolute Gasteiger partial charge is 0.357 e. The van der Waals surface area contributed by atoms with E-state index in [2.05, 4.69) is 5.32 Å². The van der Waals surface area contributed by atoms with Gasteiger partial charge in [-0.2, -0.15) is 0 Å². The number of nitrogens with one attached hydrogen (secondary N) is 1. The van der Waals surface area contributed by atoms with Gasteiger partial charge < -0.3 is 10.2 Å². The molecule has 0 radical (unpaired) electrons. The van der Waals surface area contributed by atoms with Gasteiger partial charge in [0, 0.05) is 20.0 Å². The van der Waals surface area contributed by atoms with E-state index >= 15 is 0 Å². The van der Waals surface area contributed by atoms with E-state index in [4.69, 9.17) is 0 Å². The molecule has 18 heavy (non-hydrogen) atoms. The summed E-state index contributed by atoms with van der Waals surface area (Å²) in [4.78, 5) is 25.2. The molecule has 2 amide bonds. The van der Waals surface area contributed by atoms with Crippen LogP contribution in [0.5, 0.6) is 0 Å². The molecule has 1 rings (SSSR count). The first-order valence-electron chi connectivity index (χ1n) is 6.15. The highest BCUT2D eigenvalue weighted by atomic mass is 16.2. The van der Waals surface area contributed by atoms with Crippen LogP contribution in [-0.4, -0.2) is 29.8 Å². The molecule has 0 aliphatic carbocycles. The average molecular weight is 248 g/mol. The quantitative estimate of drug-likeness (QED) is 0.859. The minimum Gasteiger partial charge on any atom is -0.357 e. The molecule has 1 unspecified atom stereocenters. The van der Waals surface area contributed by atoms with Crippen LogP contribution in [-0.2, 0) is 16.1 Å². The third kappa shape index (κ3) is 3.58. The lowest BCUT2D eigenvalue weighted by Crippen LogP contribution is -2.46. The standard InChI is InChI=1S/C14H20N2O2/c1-4-13(17)16(11(2)14(18)15-3)10-12-8-6-5-7-9-12/h5-9,11H,4,10H2,1-3H3,(H,15,18). The molecule has 0 saturated heterocycles. The van der Waals surface area contributed by atoms with Crippen LogP contribution in [0.15, 0.2) is 30.3 Å². The maximum absolute atomic E-state index is 11.9. The fourth-order valence-corrected chi connectivity index (χ4v) is 1.77. The van der Waals surface area contributed by atoms with Crippen LogP contribution >= 0.6 is 0 Å². The topological polar surface area (TPSA) is 49.4 Å². The van der Waals surface area contributed by atoms with Gasteiger partial charge in [-0.3, -0.25) is 9.59 Å². The molecular weight excluding hydrogens is 228 g/mol. The molecule has 0 fully saturated rings. The van der Waals surface area contributed by atoms with E-state index in [1.807, 2.05) is 30.3 Å². The van der Waals surface area contributed by atoms with E-state index in [0.717, 1.165) is 5.56 Å². The molecule has 0 aliphatic rings. The van der Waals surface area contributed by atoms with Crippen molar-refractivity contribution in [3.8, 4) is 0 Å². The molecule has 0 saturated carbocycles. The number of amides is 2. The van der Waals surface area contributed by atoms with Crippen molar-refractivity contribution in [2.45, 2.75) is 32.9 Å². The van der Waals surface area contributed by atoms with E-state index < -0.39 is 6.04 Å². The Morgan fingerprint density at radius 1 is 1.28 bits per heavy atom. The Morgan fingerprint density at radius 3 is 2.39 bits per heavy atom. The van der Waals surface area contributed by atoms with Crippen molar-refractivity contribution in [2.75, 3.05) is 7.05 Å². The van der Waals surface area contributed by atoms with Crippen molar-refractivity contribution in [1.29, 1.82) is 0 Å². The van der Waals surface area contributed by atoms with Crippen LogP contribution < -0.4 is 5.32 Å². The fourth-order valence-electron chi connectivity index (χ4n) is 1.77. The van der Waals surface area contributed by atoms with Crippen molar-refractivity contribution in [1.82, 2.24) is 10.2 Å². The summed E-state index contributed by atoms with van der Waals surface area (Å²) in [6.07, 6.45) is 0.397. The predicted octanol–water partition coefficient (Wildman–Crippen LogP) is 1.56. The van der Waals surface area contributed by atoms with Crippen LogP contribution in [0.1, 0.15) is 25.8 Å². The summed E-state index contributed by atoms with van der Waals surface area (Å²) in [6.45, 7) is 4.01. The van der Waals surface area contributed by atoms with Gasteiger partial charge in [-0.05, 0) is 12.5 Å². The monoisotopic (exact) mass is 248 g/mol. The summed E-state index contributed by atoms with van der Waals surface area (Å²) in [7, 11) is 1.58. The SMILES string of the molecule is CCC(=O)N(Cc1ccccc1)C(C)C(=O)NC. The molecule has 4 nitrogen and oxygen atoms in total. The first-order valence-corrected chi connectivity index (χ1v) is 6.15. The van der Waals surface area contributed by atoms with Crippen LogP contribution in [0, 0.1) is 0 Å². The fraction of sp³-hybridized carbons (Fsp3) is 0.429. The summed E-state index contributed by atoms with van der Waals surface area (Å²) in [5, 5.41) is 2.58. The van der Waals surface area contributed by atoms with Gasteiger partial charge in [-0.25, -0.2) is 0 Å². The Bertz CT molecular complexity index is 404. The maximum atomic E-state index is 11.9. The zero-order chi connectivity index (χ0) is 13.5. The van der Waals surface area contributed by atoms with Gasteiger partial charge in [0.2, 0.25) is 11.8 Å². The minimum atomic E-state index is -0.456. The molecule has 98 valence electrons. The summed E-state index contributed by atoms with van der Waals surface area (Å²) in [5.41, 5.74) is 1.02. The normalized spacial score (nSPS) is 11.7. The molecule has 0 aromatic heterocycles. The zero-order valence-electron chi connectivity index (χ0n) is 11.1. The first kappa shape index (κ1) is 14.2. The molecule has 0 spiro atoms. The molecule has 0 bridgehead atoms. The Morgan fingerprint density at radius 2 is 1.89 bits per heavy atom. The summed E-state index contributed by atoms with van der Waals surface area (Å²) >= 11 is 0. The van der Waals surface area contributed by atoms with Crippen molar-refractivity contribution in [3.63, 3.8) is 0 Å². The minimum absolute atomic E-state index is 0.0186. The number of likely N-dealkylation sites (N-methyl/N-ethyl adjacent to an activating group) is 1. The average Bonchev–Trinajstić information content (AvgIpc) is 2.43. The van der Waals surface area contributed by atoms with Crippen molar-refractivity contribution < 1.29 is 9.59 Å². The van der Waals surface area contributed by atoms with Gasteiger partial charge in [0.05, 0.1) is 0 Å². The van der Waals surface area contributed by atoms with Crippen LogP contribution in [0.25, 0.3) is 0 Å². The highest BCUT2D eigenvalue weighted by Gasteiger charge is 2.23. The van der Waals surface area contributed by atoms with E-state index in [-0.39, 0.29) is 11.8 Å². The molecule has 1 aromatic carbocycles. The van der Waals surface area contributed by atoms with Crippen LogP contribution in [0.4, 0.5) is 0 Å².